The molecule has 1 saturated heterocycles. The molecule has 1 aliphatic heterocycles. The van der Waals surface area contributed by atoms with Gasteiger partial charge in [0.1, 0.15) is 5.82 Å². The summed E-state index contributed by atoms with van der Waals surface area (Å²) in [7, 11) is 0. The Hall–Kier alpha value is -2.22. The van der Waals surface area contributed by atoms with Gasteiger partial charge in [0.15, 0.2) is 11.6 Å². The van der Waals surface area contributed by atoms with Crippen LogP contribution in [-0.2, 0) is 4.74 Å². The van der Waals surface area contributed by atoms with Gasteiger partial charge in [0.05, 0.1) is 13.2 Å². The maximum Gasteiger partial charge on any atom is 0.161 e. The molecule has 1 fully saturated rings. The largest absolute Gasteiger partial charge is 0.379 e. The summed E-state index contributed by atoms with van der Waals surface area (Å²) in [5.74, 6) is 1.06. The topological polar surface area (TPSA) is 54.0 Å². The van der Waals surface area contributed by atoms with E-state index >= 15 is 0 Å². The summed E-state index contributed by atoms with van der Waals surface area (Å²) < 4.78 is 20.8. The van der Waals surface area contributed by atoms with Crippen LogP contribution in [0, 0.1) is 12.7 Å². The molecule has 2 aromatic carbocycles. The standard InChI is InChI=1S/C19H19FN4OS/c1-13-2-3-15(12-17(13)26-24-8-10-25-11-9-24)19-21-18(22-23-19)14-4-6-16(20)7-5-14/h2-7,12H,8-11H2,1H3,(H,21,22,23). The first-order valence-corrected chi connectivity index (χ1v) is 9.27. The molecular weight excluding hydrogens is 351 g/mol. The predicted octanol–water partition coefficient (Wildman–Crippen LogP) is 3.93. The summed E-state index contributed by atoms with van der Waals surface area (Å²) in [4.78, 5) is 4.43. The molecule has 26 heavy (non-hydrogen) atoms. The van der Waals surface area contributed by atoms with Crippen LogP contribution in [-0.4, -0.2) is 45.8 Å². The molecular formula is C19H19FN4OS. The number of aryl methyl sites for hydroxylation is 1. The van der Waals surface area contributed by atoms with Crippen molar-refractivity contribution in [2.45, 2.75) is 11.8 Å². The summed E-state index contributed by atoms with van der Waals surface area (Å²) in [5, 5.41) is 8.46. The first kappa shape index (κ1) is 17.2. The van der Waals surface area contributed by atoms with Crippen LogP contribution in [0.3, 0.4) is 0 Å². The van der Waals surface area contributed by atoms with E-state index in [1.54, 1.807) is 24.1 Å². The van der Waals surface area contributed by atoms with Gasteiger partial charge in [-0.15, -0.1) is 10.2 Å². The van der Waals surface area contributed by atoms with Crippen LogP contribution in [0.25, 0.3) is 22.8 Å². The SMILES string of the molecule is Cc1ccc(-c2nnc(-c3ccc(F)cc3)[nH]2)cc1SN1CCOCC1. The number of H-pyrrole nitrogens is 1. The van der Waals surface area contributed by atoms with Gasteiger partial charge in [0.2, 0.25) is 0 Å². The van der Waals surface area contributed by atoms with Gasteiger partial charge in [-0.2, -0.15) is 0 Å². The molecule has 0 aliphatic carbocycles. The summed E-state index contributed by atoms with van der Waals surface area (Å²) in [6.07, 6.45) is 0. The third-order valence-electron chi connectivity index (χ3n) is 4.26. The van der Waals surface area contributed by atoms with Crippen LogP contribution < -0.4 is 0 Å². The third kappa shape index (κ3) is 3.80. The van der Waals surface area contributed by atoms with E-state index in [0.717, 1.165) is 37.4 Å². The van der Waals surface area contributed by atoms with Gasteiger partial charge in [-0.3, -0.25) is 0 Å². The van der Waals surface area contributed by atoms with Crippen LogP contribution in [0.5, 0.6) is 0 Å². The van der Waals surface area contributed by atoms with E-state index in [9.17, 15) is 4.39 Å². The Morgan fingerprint density at radius 2 is 1.65 bits per heavy atom. The minimum Gasteiger partial charge on any atom is -0.379 e. The van der Waals surface area contributed by atoms with Crippen LogP contribution in [0.1, 0.15) is 5.56 Å². The number of benzene rings is 2. The maximum absolute atomic E-state index is 13.1. The van der Waals surface area contributed by atoms with Gasteiger partial charge in [-0.1, -0.05) is 12.1 Å². The lowest BCUT2D eigenvalue weighted by Gasteiger charge is -2.26. The number of nitrogens with one attached hydrogen (secondary N) is 1. The number of aromatic amines is 1. The normalized spacial score (nSPS) is 15.3. The van der Waals surface area contributed by atoms with E-state index in [1.807, 2.05) is 6.07 Å². The van der Waals surface area contributed by atoms with Crippen molar-refractivity contribution >= 4 is 11.9 Å². The number of hydrogen-bond acceptors (Lipinski definition) is 5. The maximum atomic E-state index is 13.1. The monoisotopic (exact) mass is 370 g/mol. The number of aromatic nitrogens is 3. The molecule has 0 atom stereocenters. The third-order valence-corrected chi connectivity index (χ3v) is 5.52. The molecule has 7 heteroatoms. The van der Waals surface area contributed by atoms with Crippen molar-refractivity contribution in [3.63, 3.8) is 0 Å². The first-order valence-electron chi connectivity index (χ1n) is 8.49. The van der Waals surface area contributed by atoms with E-state index in [-0.39, 0.29) is 5.82 Å². The average molecular weight is 370 g/mol. The van der Waals surface area contributed by atoms with Gasteiger partial charge >= 0.3 is 0 Å². The second-order valence-electron chi connectivity index (χ2n) is 6.14. The van der Waals surface area contributed by atoms with E-state index in [1.165, 1.54) is 22.6 Å². The van der Waals surface area contributed by atoms with E-state index in [0.29, 0.717) is 11.6 Å². The highest BCUT2D eigenvalue weighted by atomic mass is 32.2. The lowest BCUT2D eigenvalue weighted by atomic mass is 10.1. The number of halogens is 1. The number of ether oxygens (including phenoxy) is 1. The highest BCUT2D eigenvalue weighted by Crippen LogP contribution is 2.30. The lowest BCUT2D eigenvalue weighted by molar-refractivity contribution is 0.0773. The molecule has 0 spiro atoms. The molecule has 1 aromatic heterocycles. The van der Waals surface area contributed by atoms with Gasteiger partial charge in [0.25, 0.3) is 0 Å². The van der Waals surface area contributed by atoms with Crippen molar-refractivity contribution in [3.8, 4) is 22.8 Å². The second-order valence-corrected chi connectivity index (χ2v) is 7.28. The molecule has 0 unspecified atom stereocenters. The molecule has 5 nitrogen and oxygen atoms in total. The molecule has 2 heterocycles. The number of hydrogen-bond donors (Lipinski definition) is 1. The van der Waals surface area contributed by atoms with Crippen molar-refractivity contribution < 1.29 is 9.13 Å². The van der Waals surface area contributed by atoms with Crippen molar-refractivity contribution in [2.75, 3.05) is 26.3 Å². The molecule has 1 N–H and O–H groups in total. The number of rotatable bonds is 4. The van der Waals surface area contributed by atoms with Crippen molar-refractivity contribution in [1.82, 2.24) is 19.5 Å². The highest BCUT2D eigenvalue weighted by molar-refractivity contribution is 7.97. The quantitative estimate of drug-likeness (QED) is 0.706. The Bertz CT molecular complexity index is 891. The fraction of sp³-hybridized carbons (Fsp3) is 0.263. The zero-order valence-electron chi connectivity index (χ0n) is 14.4. The van der Waals surface area contributed by atoms with Gasteiger partial charge < -0.3 is 9.72 Å². The predicted molar refractivity (Wildman–Crippen MR) is 100 cm³/mol. The van der Waals surface area contributed by atoms with Crippen molar-refractivity contribution in [2.24, 2.45) is 0 Å². The molecule has 134 valence electrons. The lowest BCUT2D eigenvalue weighted by Crippen LogP contribution is -2.30. The molecule has 0 saturated carbocycles. The molecule has 0 bridgehead atoms. The van der Waals surface area contributed by atoms with Crippen LogP contribution >= 0.6 is 11.9 Å². The van der Waals surface area contributed by atoms with E-state index < -0.39 is 0 Å². The van der Waals surface area contributed by atoms with Crippen LogP contribution in [0.15, 0.2) is 47.4 Å². The summed E-state index contributed by atoms with van der Waals surface area (Å²) in [6, 6.07) is 12.5. The minimum atomic E-state index is -0.267. The zero-order chi connectivity index (χ0) is 17.9. The molecule has 0 amide bonds. The Morgan fingerprint density at radius 1 is 1.00 bits per heavy atom. The Kier molecular flexibility index (Phi) is 5.01. The average Bonchev–Trinajstić information content (AvgIpc) is 3.15. The number of nitrogens with zero attached hydrogens (tertiary/aromatic N) is 3. The fourth-order valence-electron chi connectivity index (χ4n) is 2.75. The second kappa shape index (κ2) is 7.57. The van der Waals surface area contributed by atoms with Gasteiger partial charge in [0, 0.05) is 29.1 Å². The minimum absolute atomic E-state index is 0.267. The highest BCUT2D eigenvalue weighted by Gasteiger charge is 2.15. The van der Waals surface area contributed by atoms with Crippen LogP contribution in [0.4, 0.5) is 4.39 Å². The smallest absolute Gasteiger partial charge is 0.161 e. The Morgan fingerprint density at radius 3 is 2.38 bits per heavy atom. The number of morpholine rings is 1. The van der Waals surface area contributed by atoms with E-state index in [2.05, 4.69) is 38.5 Å². The summed E-state index contributed by atoms with van der Waals surface area (Å²) in [6.45, 7) is 5.50. The van der Waals surface area contributed by atoms with E-state index in [4.69, 9.17) is 4.74 Å². The Balaban J connectivity index is 1.57. The Labute approximate surface area is 155 Å². The fourth-order valence-corrected chi connectivity index (χ4v) is 3.75. The van der Waals surface area contributed by atoms with Gasteiger partial charge in [-0.05, 0) is 54.8 Å². The molecule has 0 radical (unpaired) electrons. The van der Waals surface area contributed by atoms with Crippen LogP contribution in [0.2, 0.25) is 0 Å². The van der Waals surface area contributed by atoms with Crippen molar-refractivity contribution in [3.05, 3.63) is 53.8 Å². The molecule has 1 aliphatic rings. The molecule has 3 aromatic rings. The molecule has 4 rings (SSSR count). The van der Waals surface area contributed by atoms with Gasteiger partial charge in [-0.25, -0.2) is 8.70 Å². The summed E-state index contributed by atoms with van der Waals surface area (Å²) >= 11 is 1.75. The zero-order valence-corrected chi connectivity index (χ0v) is 15.2. The summed E-state index contributed by atoms with van der Waals surface area (Å²) in [5.41, 5.74) is 3.01. The first-order chi connectivity index (χ1) is 12.7. The van der Waals surface area contributed by atoms with Crippen molar-refractivity contribution in [1.29, 1.82) is 0 Å².